The summed E-state index contributed by atoms with van der Waals surface area (Å²) in [5, 5.41) is 10.2. The number of nitriles is 1. The minimum Gasteiger partial charge on any atom is -0.465 e. The number of fused-ring (bicyclic) bond motifs is 3. The van der Waals surface area contributed by atoms with Gasteiger partial charge in [-0.2, -0.15) is 5.26 Å². The maximum Gasteiger partial charge on any atom is 0.337 e. The first-order chi connectivity index (χ1) is 13.1. The van der Waals surface area contributed by atoms with Crippen molar-refractivity contribution in [2.24, 2.45) is 0 Å². The second-order valence-electron chi connectivity index (χ2n) is 6.11. The van der Waals surface area contributed by atoms with Crippen molar-refractivity contribution in [3.05, 3.63) is 89.1 Å². The number of pyridine rings is 1. The zero-order valence-corrected chi connectivity index (χ0v) is 14.5. The van der Waals surface area contributed by atoms with E-state index in [9.17, 15) is 14.9 Å². The van der Waals surface area contributed by atoms with E-state index in [1.807, 2.05) is 34.9 Å². The lowest BCUT2D eigenvalue weighted by atomic mass is 9.97. The molecule has 0 aliphatic rings. The molecule has 27 heavy (non-hydrogen) atoms. The minimum absolute atomic E-state index is 0.213. The average molecular weight is 354 g/mol. The Bertz CT molecular complexity index is 1240. The van der Waals surface area contributed by atoms with Crippen LogP contribution >= 0.6 is 0 Å². The molecule has 0 unspecified atom stereocenters. The molecule has 0 amide bonds. The monoisotopic (exact) mass is 354 g/mol. The first-order valence-electron chi connectivity index (χ1n) is 8.29. The zero-order valence-electron chi connectivity index (χ0n) is 14.5. The van der Waals surface area contributed by atoms with E-state index >= 15 is 0 Å². The van der Waals surface area contributed by atoms with E-state index in [4.69, 9.17) is 0 Å². The molecule has 5 heteroatoms. The predicted molar refractivity (Wildman–Crippen MR) is 101 cm³/mol. The molecule has 4 rings (SSSR count). The number of rotatable bonds is 3. The van der Waals surface area contributed by atoms with Gasteiger partial charge in [0.15, 0.2) is 5.78 Å². The van der Waals surface area contributed by atoms with Crippen molar-refractivity contribution in [2.75, 3.05) is 7.11 Å². The van der Waals surface area contributed by atoms with Crippen LogP contribution in [0.3, 0.4) is 0 Å². The third-order valence-electron chi connectivity index (χ3n) is 4.54. The third kappa shape index (κ3) is 2.74. The summed E-state index contributed by atoms with van der Waals surface area (Å²) in [5.41, 5.74) is 3.38. The average Bonchev–Trinajstić information content (AvgIpc) is 3.20. The molecule has 2 aromatic heterocycles. The van der Waals surface area contributed by atoms with E-state index in [0.29, 0.717) is 22.3 Å². The van der Waals surface area contributed by atoms with Gasteiger partial charge in [0.05, 0.1) is 29.8 Å². The van der Waals surface area contributed by atoms with E-state index in [0.717, 1.165) is 16.4 Å². The zero-order chi connectivity index (χ0) is 19.0. The summed E-state index contributed by atoms with van der Waals surface area (Å²) in [7, 11) is 1.31. The highest BCUT2D eigenvalue weighted by atomic mass is 16.5. The Morgan fingerprint density at radius 1 is 1.00 bits per heavy atom. The third-order valence-corrected chi connectivity index (χ3v) is 4.54. The van der Waals surface area contributed by atoms with Gasteiger partial charge in [0, 0.05) is 28.2 Å². The Balaban J connectivity index is 1.91. The van der Waals surface area contributed by atoms with Crippen LogP contribution in [0, 0.1) is 11.3 Å². The molecule has 0 fully saturated rings. The second kappa shape index (κ2) is 6.43. The van der Waals surface area contributed by atoms with Crippen LogP contribution in [0.2, 0.25) is 0 Å². The number of ketones is 1. The van der Waals surface area contributed by atoms with Gasteiger partial charge in [-0.05, 0) is 42.5 Å². The van der Waals surface area contributed by atoms with Gasteiger partial charge in [0.1, 0.15) is 0 Å². The molecule has 2 heterocycles. The van der Waals surface area contributed by atoms with E-state index in [-0.39, 0.29) is 5.78 Å². The molecule has 2 aromatic carbocycles. The molecule has 0 bridgehead atoms. The Morgan fingerprint density at radius 2 is 1.74 bits per heavy atom. The smallest absolute Gasteiger partial charge is 0.337 e. The Morgan fingerprint density at radius 3 is 2.44 bits per heavy atom. The summed E-state index contributed by atoms with van der Waals surface area (Å²) in [6.45, 7) is 0. The van der Waals surface area contributed by atoms with Gasteiger partial charge in [-0.3, -0.25) is 4.79 Å². The highest BCUT2D eigenvalue weighted by Crippen LogP contribution is 2.26. The summed E-state index contributed by atoms with van der Waals surface area (Å²) < 4.78 is 6.62. The van der Waals surface area contributed by atoms with Crippen molar-refractivity contribution in [3.8, 4) is 6.07 Å². The van der Waals surface area contributed by atoms with Crippen molar-refractivity contribution < 1.29 is 14.3 Å². The molecule has 0 aliphatic carbocycles. The van der Waals surface area contributed by atoms with Gasteiger partial charge < -0.3 is 9.14 Å². The molecule has 4 aromatic rings. The van der Waals surface area contributed by atoms with Crippen LogP contribution in [0.15, 0.2) is 66.9 Å². The van der Waals surface area contributed by atoms with Gasteiger partial charge in [0.2, 0.25) is 0 Å². The van der Waals surface area contributed by atoms with Gasteiger partial charge in [-0.1, -0.05) is 18.2 Å². The number of methoxy groups -OCH3 is 1. The Labute approximate surface area is 155 Å². The molecule has 0 aliphatic heterocycles. The summed E-state index contributed by atoms with van der Waals surface area (Å²) in [5.74, 6) is -0.672. The van der Waals surface area contributed by atoms with Gasteiger partial charge >= 0.3 is 5.97 Å². The maximum atomic E-state index is 13.2. The Kier molecular flexibility index (Phi) is 3.94. The molecular formula is C22H14N2O3. The summed E-state index contributed by atoms with van der Waals surface area (Å²) in [4.78, 5) is 24.8. The number of aromatic nitrogens is 1. The number of nitrogens with zero attached hydrogens (tertiary/aromatic N) is 2. The summed E-state index contributed by atoms with van der Waals surface area (Å²) in [6, 6.07) is 19.5. The van der Waals surface area contributed by atoms with Crippen LogP contribution in [0.25, 0.3) is 16.4 Å². The fourth-order valence-corrected chi connectivity index (χ4v) is 3.23. The van der Waals surface area contributed by atoms with Gasteiger partial charge in [0.25, 0.3) is 0 Å². The molecule has 130 valence electrons. The molecule has 5 nitrogen and oxygen atoms in total. The predicted octanol–water partition coefficient (Wildman–Crippen LogP) is 3.98. The first kappa shape index (κ1) is 16.6. The summed E-state index contributed by atoms with van der Waals surface area (Å²) >= 11 is 0. The maximum absolute atomic E-state index is 13.2. The number of ether oxygens (including phenoxy) is 1. The Hall–Kier alpha value is -3.91. The van der Waals surface area contributed by atoms with Crippen LogP contribution in [-0.2, 0) is 4.74 Å². The van der Waals surface area contributed by atoms with Crippen molar-refractivity contribution in [2.45, 2.75) is 0 Å². The van der Waals surface area contributed by atoms with Crippen LogP contribution in [0.1, 0.15) is 31.8 Å². The van der Waals surface area contributed by atoms with Crippen molar-refractivity contribution in [1.29, 1.82) is 5.26 Å². The number of hydrogen-bond acceptors (Lipinski definition) is 4. The lowest BCUT2D eigenvalue weighted by molar-refractivity contribution is 0.0600. The number of hydrogen-bond donors (Lipinski definition) is 0. The van der Waals surface area contributed by atoms with Crippen molar-refractivity contribution in [1.82, 2.24) is 4.40 Å². The fraction of sp³-hybridized carbons (Fsp3) is 0.0455. The molecule has 0 saturated heterocycles. The van der Waals surface area contributed by atoms with Gasteiger partial charge in [-0.15, -0.1) is 0 Å². The lowest BCUT2D eigenvalue weighted by Gasteiger charge is -2.10. The quantitative estimate of drug-likeness (QED) is 0.412. The number of benzene rings is 2. The normalized spacial score (nSPS) is 10.7. The molecule has 0 radical (unpaired) electrons. The van der Waals surface area contributed by atoms with Gasteiger partial charge in [-0.25, -0.2) is 4.79 Å². The lowest BCUT2D eigenvalue weighted by Crippen LogP contribution is -2.07. The first-order valence-corrected chi connectivity index (χ1v) is 8.29. The standard InChI is InChI=1S/C22H14N2O3/c1-27-22(26)16-6-4-15(5-7-16)21(25)19-12-14(13-23)11-17-8-9-18-3-2-10-24(18)20(17)19/h2-12H,1H3. The van der Waals surface area contributed by atoms with Crippen LogP contribution in [-0.4, -0.2) is 23.3 Å². The van der Waals surface area contributed by atoms with E-state index < -0.39 is 5.97 Å². The van der Waals surface area contributed by atoms with E-state index in [1.165, 1.54) is 7.11 Å². The van der Waals surface area contributed by atoms with E-state index in [1.54, 1.807) is 36.4 Å². The van der Waals surface area contributed by atoms with Crippen molar-refractivity contribution in [3.63, 3.8) is 0 Å². The number of carbonyl (C=O) groups excluding carboxylic acids is 2. The number of carbonyl (C=O) groups is 2. The topological polar surface area (TPSA) is 71.6 Å². The van der Waals surface area contributed by atoms with Crippen LogP contribution in [0.4, 0.5) is 0 Å². The highest BCUT2D eigenvalue weighted by Gasteiger charge is 2.17. The molecule has 0 spiro atoms. The van der Waals surface area contributed by atoms with Crippen LogP contribution < -0.4 is 0 Å². The molecular weight excluding hydrogens is 340 g/mol. The molecule has 0 atom stereocenters. The van der Waals surface area contributed by atoms with Crippen LogP contribution in [0.5, 0.6) is 0 Å². The minimum atomic E-state index is -0.458. The number of esters is 1. The summed E-state index contributed by atoms with van der Waals surface area (Å²) in [6.07, 6.45) is 1.89. The SMILES string of the molecule is COC(=O)c1ccc(C(=O)c2cc(C#N)cc3ccc4cccn4c23)cc1. The fourth-order valence-electron chi connectivity index (χ4n) is 3.23. The van der Waals surface area contributed by atoms with E-state index in [2.05, 4.69) is 10.8 Å². The second-order valence-corrected chi connectivity index (χ2v) is 6.11. The highest BCUT2D eigenvalue weighted by molar-refractivity contribution is 6.16. The molecule has 0 saturated carbocycles. The largest absolute Gasteiger partial charge is 0.465 e. The molecule has 0 N–H and O–H groups in total. The van der Waals surface area contributed by atoms with Crippen molar-refractivity contribution >= 4 is 28.2 Å².